The summed E-state index contributed by atoms with van der Waals surface area (Å²) in [6.07, 6.45) is 1.36. The fraction of sp³-hybridized carbons (Fsp3) is 0.462. The van der Waals surface area contributed by atoms with Crippen molar-refractivity contribution in [1.82, 2.24) is 0 Å². The van der Waals surface area contributed by atoms with Gasteiger partial charge in [-0.1, -0.05) is 6.07 Å². The van der Waals surface area contributed by atoms with Crippen LogP contribution in [0.4, 0.5) is 0 Å². The minimum Gasteiger partial charge on any atom is -0.377 e. The van der Waals surface area contributed by atoms with Crippen molar-refractivity contribution in [2.24, 2.45) is 0 Å². The van der Waals surface area contributed by atoms with E-state index >= 15 is 0 Å². The lowest BCUT2D eigenvalue weighted by Crippen LogP contribution is -2.13. The van der Waals surface area contributed by atoms with Crippen LogP contribution in [0, 0.1) is 18.3 Å². The lowest BCUT2D eigenvalue weighted by atomic mass is 10.2. The molecule has 0 aromatic heterocycles. The van der Waals surface area contributed by atoms with Gasteiger partial charge in [0.25, 0.3) is 0 Å². The third-order valence-electron chi connectivity index (χ3n) is 2.84. The van der Waals surface area contributed by atoms with Crippen molar-refractivity contribution in [2.45, 2.75) is 36.5 Å². The number of hydrogen-bond acceptors (Lipinski definition) is 3. The molecule has 1 aromatic rings. The largest absolute Gasteiger partial charge is 0.377 e. The van der Waals surface area contributed by atoms with Gasteiger partial charge >= 0.3 is 0 Å². The number of thioether (sulfide) groups is 1. The van der Waals surface area contributed by atoms with Crippen LogP contribution in [0.1, 0.15) is 24.5 Å². The fourth-order valence-corrected chi connectivity index (χ4v) is 3.15. The first-order chi connectivity index (χ1) is 7.70. The minimum atomic E-state index is 0.289. The van der Waals surface area contributed by atoms with E-state index in [0.29, 0.717) is 5.25 Å². The van der Waals surface area contributed by atoms with Crippen LogP contribution in [0.25, 0.3) is 0 Å². The minimum absolute atomic E-state index is 0.289. The second-order valence-electron chi connectivity index (χ2n) is 4.13. The molecule has 2 atom stereocenters. The number of nitriles is 1. The van der Waals surface area contributed by atoms with Gasteiger partial charge in [0.15, 0.2) is 0 Å². The van der Waals surface area contributed by atoms with Gasteiger partial charge in [0.2, 0.25) is 0 Å². The molecule has 0 saturated carbocycles. The molecular weight excluding hydrogens is 218 g/mol. The molecule has 2 rings (SSSR count). The van der Waals surface area contributed by atoms with Gasteiger partial charge in [0.05, 0.1) is 11.7 Å². The summed E-state index contributed by atoms with van der Waals surface area (Å²) in [6.45, 7) is 5.00. The summed E-state index contributed by atoms with van der Waals surface area (Å²) in [6, 6.07) is 8.23. The van der Waals surface area contributed by atoms with Gasteiger partial charge in [0, 0.05) is 16.8 Å². The van der Waals surface area contributed by atoms with Crippen LogP contribution < -0.4 is 0 Å². The molecule has 1 heterocycles. The maximum Gasteiger partial charge on any atom is 0.100 e. The molecule has 1 saturated heterocycles. The number of ether oxygens (including phenoxy) is 1. The molecule has 0 spiro atoms. The predicted molar refractivity (Wildman–Crippen MR) is 65.6 cm³/mol. The Labute approximate surface area is 101 Å². The Balaban J connectivity index is 2.20. The number of aryl methyl sites for hydroxylation is 1. The lowest BCUT2D eigenvalue weighted by Gasteiger charge is -2.14. The second-order valence-corrected chi connectivity index (χ2v) is 5.41. The highest BCUT2D eigenvalue weighted by molar-refractivity contribution is 8.00. The maximum absolute atomic E-state index is 9.05. The molecule has 0 N–H and O–H groups in total. The van der Waals surface area contributed by atoms with Crippen molar-refractivity contribution in [3.63, 3.8) is 0 Å². The second kappa shape index (κ2) is 4.90. The van der Waals surface area contributed by atoms with E-state index in [0.717, 1.165) is 23.5 Å². The first-order valence-electron chi connectivity index (χ1n) is 5.49. The molecule has 1 aliphatic heterocycles. The quantitative estimate of drug-likeness (QED) is 0.786. The third-order valence-corrected chi connectivity index (χ3v) is 4.36. The van der Waals surface area contributed by atoms with E-state index in [9.17, 15) is 0 Å². The molecule has 1 aromatic carbocycles. The van der Waals surface area contributed by atoms with Crippen molar-refractivity contribution < 1.29 is 4.74 Å². The van der Waals surface area contributed by atoms with Crippen LogP contribution in [0.15, 0.2) is 23.1 Å². The molecule has 1 aliphatic rings. The van der Waals surface area contributed by atoms with Crippen molar-refractivity contribution >= 4 is 11.8 Å². The number of nitrogens with zero attached hydrogens (tertiary/aromatic N) is 1. The Kier molecular flexibility index (Phi) is 3.52. The average Bonchev–Trinajstić information content (AvgIpc) is 2.65. The standard InChI is InChI=1S/C13H15NOS/c1-9-3-4-11(8-14)13(7-9)16-12-5-6-15-10(12)2/h3-4,7,10,12H,5-6H2,1-2H3. The monoisotopic (exact) mass is 233 g/mol. The van der Waals surface area contributed by atoms with Gasteiger partial charge < -0.3 is 4.74 Å². The van der Waals surface area contributed by atoms with Gasteiger partial charge in [-0.25, -0.2) is 0 Å². The normalized spacial score (nSPS) is 24.3. The zero-order chi connectivity index (χ0) is 11.5. The number of benzene rings is 1. The number of rotatable bonds is 2. The molecule has 0 aliphatic carbocycles. The van der Waals surface area contributed by atoms with Crippen LogP contribution in [-0.2, 0) is 4.74 Å². The van der Waals surface area contributed by atoms with Crippen LogP contribution in [-0.4, -0.2) is 18.0 Å². The molecule has 0 radical (unpaired) electrons. The van der Waals surface area contributed by atoms with Crippen molar-refractivity contribution in [3.8, 4) is 6.07 Å². The molecular formula is C13H15NOS. The Bertz CT molecular complexity index is 424. The fourth-order valence-electron chi connectivity index (χ4n) is 1.85. The summed E-state index contributed by atoms with van der Waals surface area (Å²) < 4.78 is 5.54. The van der Waals surface area contributed by atoms with Crippen molar-refractivity contribution in [3.05, 3.63) is 29.3 Å². The van der Waals surface area contributed by atoms with E-state index in [-0.39, 0.29) is 6.10 Å². The Hall–Kier alpha value is -0.980. The highest BCUT2D eigenvalue weighted by atomic mass is 32.2. The average molecular weight is 233 g/mol. The third kappa shape index (κ3) is 2.40. The summed E-state index contributed by atoms with van der Waals surface area (Å²) in [7, 11) is 0. The molecule has 84 valence electrons. The van der Waals surface area contributed by atoms with Crippen molar-refractivity contribution in [1.29, 1.82) is 5.26 Å². The Morgan fingerprint density at radius 2 is 2.31 bits per heavy atom. The molecule has 0 bridgehead atoms. The zero-order valence-corrected chi connectivity index (χ0v) is 10.4. The summed E-state index contributed by atoms with van der Waals surface area (Å²) >= 11 is 1.78. The number of hydrogen-bond donors (Lipinski definition) is 0. The topological polar surface area (TPSA) is 33.0 Å². The summed E-state index contributed by atoms with van der Waals surface area (Å²) in [5, 5.41) is 9.54. The maximum atomic E-state index is 9.05. The predicted octanol–water partition coefficient (Wildman–Crippen LogP) is 3.14. The van der Waals surface area contributed by atoms with E-state index < -0.39 is 0 Å². The van der Waals surface area contributed by atoms with E-state index in [1.165, 1.54) is 5.56 Å². The Morgan fingerprint density at radius 3 is 2.94 bits per heavy atom. The first-order valence-corrected chi connectivity index (χ1v) is 6.37. The molecule has 1 fully saturated rings. The van der Waals surface area contributed by atoms with Crippen molar-refractivity contribution in [2.75, 3.05) is 6.61 Å². The van der Waals surface area contributed by atoms with Crippen LogP contribution in [0.2, 0.25) is 0 Å². The van der Waals surface area contributed by atoms with Crippen LogP contribution in [0.3, 0.4) is 0 Å². The SMILES string of the molecule is Cc1ccc(C#N)c(SC2CCOC2C)c1. The van der Waals surface area contributed by atoms with E-state index in [1.54, 1.807) is 11.8 Å². The summed E-state index contributed by atoms with van der Waals surface area (Å²) in [5.41, 5.74) is 1.97. The van der Waals surface area contributed by atoms with Gasteiger partial charge in [-0.15, -0.1) is 11.8 Å². The lowest BCUT2D eigenvalue weighted by molar-refractivity contribution is 0.127. The highest BCUT2D eigenvalue weighted by Crippen LogP contribution is 2.34. The first kappa shape index (κ1) is 11.5. The highest BCUT2D eigenvalue weighted by Gasteiger charge is 2.25. The van der Waals surface area contributed by atoms with Gasteiger partial charge in [-0.3, -0.25) is 0 Å². The van der Waals surface area contributed by atoms with Crippen LogP contribution >= 0.6 is 11.8 Å². The van der Waals surface area contributed by atoms with Gasteiger partial charge in [-0.2, -0.15) is 5.26 Å². The summed E-state index contributed by atoms with van der Waals surface area (Å²) in [4.78, 5) is 1.09. The van der Waals surface area contributed by atoms with E-state index in [1.807, 2.05) is 12.1 Å². The Morgan fingerprint density at radius 1 is 1.50 bits per heavy atom. The van der Waals surface area contributed by atoms with E-state index in [2.05, 4.69) is 26.0 Å². The van der Waals surface area contributed by atoms with Gasteiger partial charge in [0.1, 0.15) is 6.07 Å². The molecule has 2 nitrogen and oxygen atoms in total. The van der Waals surface area contributed by atoms with E-state index in [4.69, 9.17) is 10.00 Å². The summed E-state index contributed by atoms with van der Waals surface area (Å²) in [5.74, 6) is 0. The van der Waals surface area contributed by atoms with Gasteiger partial charge in [-0.05, 0) is 38.0 Å². The molecule has 3 heteroatoms. The van der Waals surface area contributed by atoms with Crippen LogP contribution in [0.5, 0.6) is 0 Å². The smallest absolute Gasteiger partial charge is 0.100 e. The molecule has 16 heavy (non-hydrogen) atoms. The molecule has 0 amide bonds. The zero-order valence-electron chi connectivity index (χ0n) is 9.56. The molecule has 2 unspecified atom stereocenters.